The van der Waals surface area contributed by atoms with Gasteiger partial charge in [-0.2, -0.15) is 0 Å². The van der Waals surface area contributed by atoms with Crippen molar-refractivity contribution in [2.24, 2.45) is 5.92 Å². The molecule has 1 atom stereocenters. The van der Waals surface area contributed by atoms with Crippen molar-refractivity contribution in [1.29, 1.82) is 0 Å². The summed E-state index contributed by atoms with van der Waals surface area (Å²) in [6.07, 6.45) is 9.69. The van der Waals surface area contributed by atoms with Crippen LogP contribution in [-0.4, -0.2) is 112 Å². The van der Waals surface area contributed by atoms with E-state index in [1.165, 1.54) is 18.2 Å². The fourth-order valence-electron chi connectivity index (χ4n) is 7.75. The second-order valence-electron chi connectivity index (χ2n) is 15.6. The molecule has 0 radical (unpaired) electrons. The summed E-state index contributed by atoms with van der Waals surface area (Å²) < 4.78 is 11.2. The lowest BCUT2D eigenvalue weighted by molar-refractivity contribution is -0.136. The van der Waals surface area contributed by atoms with Crippen LogP contribution in [0.3, 0.4) is 0 Å². The normalized spacial score (nSPS) is 19.7. The highest BCUT2D eigenvalue weighted by molar-refractivity contribution is 6.24. The van der Waals surface area contributed by atoms with Gasteiger partial charge >= 0.3 is 0 Å². The highest BCUT2D eigenvalue weighted by Crippen LogP contribution is 2.34. The summed E-state index contributed by atoms with van der Waals surface area (Å²) in [5, 5.41) is 18.5. The number of piperidine rings is 1. The van der Waals surface area contributed by atoms with E-state index in [0.717, 1.165) is 28.6 Å². The van der Waals surface area contributed by atoms with E-state index in [1.807, 2.05) is 24.3 Å². The Hall–Kier alpha value is -7.02. The molecule has 19 heteroatoms. The van der Waals surface area contributed by atoms with Gasteiger partial charge in [-0.3, -0.25) is 48.8 Å². The van der Waals surface area contributed by atoms with Crippen molar-refractivity contribution < 1.29 is 43.0 Å². The van der Waals surface area contributed by atoms with Crippen LogP contribution >= 0.6 is 0 Å². The van der Waals surface area contributed by atoms with Crippen molar-refractivity contribution in [1.82, 2.24) is 41.1 Å². The van der Waals surface area contributed by atoms with Gasteiger partial charge in [0.2, 0.25) is 17.7 Å². The number of nitrogens with one attached hydrogen (secondary N) is 6. The number of hydrogen-bond donors (Lipinski definition) is 6. The number of ether oxygens (including phenoxy) is 2. The number of carbonyl (C=O) groups excluding carboxylic acids is 7. The molecule has 3 aromatic heterocycles. The first-order chi connectivity index (χ1) is 30.1. The minimum Gasteiger partial charge on any atom is -0.483 e. The summed E-state index contributed by atoms with van der Waals surface area (Å²) in [7, 11) is 0. The van der Waals surface area contributed by atoms with E-state index in [-0.39, 0.29) is 79.8 Å². The predicted molar refractivity (Wildman–Crippen MR) is 222 cm³/mol. The van der Waals surface area contributed by atoms with Crippen LogP contribution in [0.2, 0.25) is 0 Å². The molecule has 7 amide bonds. The highest BCUT2D eigenvalue weighted by atomic mass is 16.5. The molecule has 0 spiro atoms. The molecule has 1 unspecified atom stereocenters. The number of rotatable bonds is 17. The molecule has 1 saturated heterocycles. The van der Waals surface area contributed by atoms with E-state index in [9.17, 15) is 33.6 Å². The quantitative estimate of drug-likeness (QED) is 0.0660. The van der Waals surface area contributed by atoms with E-state index in [4.69, 9.17) is 9.47 Å². The Morgan fingerprint density at radius 3 is 2.42 bits per heavy atom. The zero-order valence-corrected chi connectivity index (χ0v) is 33.7. The van der Waals surface area contributed by atoms with Gasteiger partial charge in [-0.25, -0.2) is 9.97 Å². The highest BCUT2D eigenvalue weighted by Gasteiger charge is 2.46. The lowest BCUT2D eigenvalue weighted by Crippen LogP contribution is -2.54. The molecule has 3 fully saturated rings. The van der Waals surface area contributed by atoms with Gasteiger partial charge < -0.3 is 36.1 Å². The number of nitrogens with zero attached hydrogens (tertiary/aromatic N) is 4. The molecule has 0 bridgehead atoms. The van der Waals surface area contributed by atoms with Gasteiger partial charge in [0.05, 0.1) is 41.1 Å². The summed E-state index contributed by atoms with van der Waals surface area (Å²) >= 11 is 0. The molecule has 4 aliphatic rings. The lowest BCUT2D eigenvalue weighted by atomic mass is 9.85. The maximum Gasteiger partial charge on any atom is 0.266 e. The van der Waals surface area contributed by atoms with Gasteiger partial charge in [-0.05, 0) is 75.3 Å². The fourth-order valence-corrected chi connectivity index (χ4v) is 7.75. The SMILES string of the molecule is O=C(COc1cccc2c1C(=O)N(C1CCC(=O)NC1=O)C2=O)NCCOCCNC(=O)[C@H]1CC[C@H](NC(=O)c2cnc(Nc3ccc4cnccc4n3)cc2NC2CC2)CC1. The molecule has 62 heavy (non-hydrogen) atoms. The number of hydrogen-bond acceptors (Lipinski definition) is 14. The number of pyridine rings is 3. The van der Waals surface area contributed by atoms with Crippen LogP contribution in [0.15, 0.2) is 61.1 Å². The number of imide groups is 2. The summed E-state index contributed by atoms with van der Waals surface area (Å²) in [5.41, 5.74) is 1.96. The van der Waals surface area contributed by atoms with E-state index in [1.54, 1.807) is 18.6 Å². The first kappa shape index (κ1) is 41.7. The second kappa shape index (κ2) is 18.7. The summed E-state index contributed by atoms with van der Waals surface area (Å²) in [6.45, 7) is 0.416. The largest absolute Gasteiger partial charge is 0.483 e. The van der Waals surface area contributed by atoms with Crippen molar-refractivity contribution in [3.05, 3.63) is 77.7 Å². The second-order valence-corrected chi connectivity index (χ2v) is 15.6. The van der Waals surface area contributed by atoms with E-state index >= 15 is 0 Å². The Balaban J connectivity index is 0.712. The molecule has 4 aromatic rings. The summed E-state index contributed by atoms with van der Waals surface area (Å²) in [5.74, 6) is -2.34. The van der Waals surface area contributed by atoms with Gasteiger partial charge in [-0.15, -0.1) is 0 Å². The number of amides is 7. The Morgan fingerprint density at radius 2 is 1.63 bits per heavy atom. The van der Waals surface area contributed by atoms with Crippen molar-refractivity contribution in [3.8, 4) is 5.75 Å². The van der Waals surface area contributed by atoms with Crippen LogP contribution in [0.1, 0.15) is 82.4 Å². The minimum absolute atomic E-state index is 0.00282. The van der Waals surface area contributed by atoms with Crippen LogP contribution in [0.5, 0.6) is 5.75 Å². The molecule has 322 valence electrons. The molecule has 6 N–H and O–H groups in total. The van der Waals surface area contributed by atoms with Crippen molar-refractivity contribution in [3.63, 3.8) is 0 Å². The molecule has 1 aromatic carbocycles. The van der Waals surface area contributed by atoms with E-state index in [2.05, 4.69) is 46.9 Å². The van der Waals surface area contributed by atoms with Crippen molar-refractivity contribution in [2.75, 3.05) is 43.5 Å². The fraction of sp³-hybridized carbons (Fsp3) is 0.395. The molecular weight excluding hydrogens is 801 g/mol. The molecule has 5 heterocycles. The third-order valence-electron chi connectivity index (χ3n) is 11.2. The first-order valence-electron chi connectivity index (χ1n) is 20.8. The smallest absolute Gasteiger partial charge is 0.266 e. The Bertz CT molecular complexity index is 2420. The molecular formula is C43H46N10O9. The standard InChI is InChI=1S/C43H46N10O9/c54-36-13-11-32(41(58)52-36)53-42(59)28-2-1-3-33(38(28)43(53)60)62-23-37(55)45-16-18-61-19-17-46-39(56)24-4-7-27(8-5-24)49-40(57)29-22-47-35(20-31(29)48-26-9-10-26)51-34-12-6-25-21-44-15-14-30(25)50-34/h1-3,6,12,14-15,20-22,24,26-27,32H,4-5,7-11,13,16-19,23H2,(H,45,55)(H,46,56)(H,49,57)(H,52,54,58)(H2,47,48,50,51)/t24-,27-,32?. The molecule has 2 aliphatic heterocycles. The van der Waals surface area contributed by atoms with Crippen LogP contribution in [0, 0.1) is 5.92 Å². The summed E-state index contributed by atoms with van der Waals surface area (Å²) in [4.78, 5) is 103. The Kier molecular flexibility index (Phi) is 12.6. The average Bonchev–Trinajstić information content (AvgIpc) is 4.05. The van der Waals surface area contributed by atoms with Crippen molar-refractivity contribution in [2.45, 2.75) is 69.5 Å². The number of anilines is 3. The topological polar surface area (TPSA) is 252 Å². The maximum atomic E-state index is 13.5. The number of carbonyl (C=O) groups is 7. The number of aromatic nitrogens is 3. The van der Waals surface area contributed by atoms with Gasteiger partial charge in [0.25, 0.3) is 23.6 Å². The first-order valence-corrected chi connectivity index (χ1v) is 20.8. The third-order valence-corrected chi connectivity index (χ3v) is 11.2. The van der Waals surface area contributed by atoms with Gasteiger partial charge in [0.1, 0.15) is 23.4 Å². The van der Waals surface area contributed by atoms with Gasteiger partial charge in [0, 0.05) is 67.6 Å². The van der Waals surface area contributed by atoms with Gasteiger partial charge in [-0.1, -0.05) is 6.07 Å². The average molecular weight is 847 g/mol. The van der Waals surface area contributed by atoms with Crippen molar-refractivity contribution >= 4 is 69.6 Å². The predicted octanol–water partition coefficient (Wildman–Crippen LogP) is 2.36. The van der Waals surface area contributed by atoms with Crippen LogP contribution in [0.25, 0.3) is 10.9 Å². The Labute approximate surface area is 355 Å². The Morgan fingerprint density at radius 1 is 0.839 bits per heavy atom. The molecule has 2 aliphatic carbocycles. The molecule has 2 saturated carbocycles. The van der Waals surface area contributed by atoms with E-state index in [0.29, 0.717) is 54.6 Å². The van der Waals surface area contributed by atoms with Crippen LogP contribution < -0.4 is 36.6 Å². The maximum absolute atomic E-state index is 13.5. The number of benzene rings is 1. The zero-order chi connectivity index (χ0) is 43.2. The van der Waals surface area contributed by atoms with E-state index < -0.39 is 42.2 Å². The molecule has 8 rings (SSSR count). The summed E-state index contributed by atoms with van der Waals surface area (Å²) in [6, 6.07) is 11.0. The minimum atomic E-state index is -1.12. The molecule has 19 nitrogen and oxygen atoms in total. The monoisotopic (exact) mass is 846 g/mol. The zero-order valence-electron chi connectivity index (χ0n) is 33.7. The number of fused-ring (bicyclic) bond motifs is 2. The third kappa shape index (κ3) is 9.78. The lowest BCUT2D eigenvalue weighted by Gasteiger charge is -2.28. The van der Waals surface area contributed by atoms with Crippen LogP contribution in [0.4, 0.5) is 17.3 Å². The van der Waals surface area contributed by atoms with Gasteiger partial charge in [0.15, 0.2) is 6.61 Å². The van der Waals surface area contributed by atoms with Crippen LogP contribution in [-0.2, 0) is 23.9 Å².